The molecule has 1 atom stereocenters. The molecule has 102 valence electrons. The Hall–Kier alpha value is -2.09. The summed E-state index contributed by atoms with van der Waals surface area (Å²) >= 11 is 0. The van der Waals surface area contributed by atoms with E-state index in [-0.39, 0.29) is 17.8 Å². The molecular formula is C11H12F3N5. The van der Waals surface area contributed by atoms with Crippen LogP contribution in [0.1, 0.15) is 11.1 Å². The van der Waals surface area contributed by atoms with Crippen LogP contribution in [0, 0.1) is 0 Å². The highest BCUT2D eigenvalue weighted by Crippen LogP contribution is 2.32. The zero-order valence-electron chi connectivity index (χ0n) is 9.78. The van der Waals surface area contributed by atoms with E-state index in [1.807, 2.05) is 0 Å². The van der Waals surface area contributed by atoms with Gasteiger partial charge in [0, 0.05) is 25.0 Å². The lowest BCUT2D eigenvalue weighted by Crippen LogP contribution is -2.54. The van der Waals surface area contributed by atoms with Gasteiger partial charge in [-0.05, 0) is 17.7 Å². The number of amidine groups is 1. The van der Waals surface area contributed by atoms with E-state index in [0.29, 0.717) is 0 Å². The van der Waals surface area contributed by atoms with Crippen LogP contribution in [0.3, 0.4) is 0 Å². The molecule has 1 unspecified atom stereocenters. The third-order valence-electron chi connectivity index (χ3n) is 2.58. The third-order valence-corrected chi connectivity index (χ3v) is 2.58. The fourth-order valence-electron chi connectivity index (χ4n) is 1.80. The number of halogens is 3. The molecule has 0 fully saturated rings. The van der Waals surface area contributed by atoms with Crippen molar-refractivity contribution < 1.29 is 13.2 Å². The number of nitrogens with one attached hydrogen (secondary N) is 1. The van der Waals surface area contributed by atoms with E-state index in [9.17, 15) is 13.2 Å². The van der Waals surface area contributed by atoms with Crippen molar-refractivity contribution in [3.8, 4) is 0 Å². The molecule has 1 aromatic rings. The minimum absolute atomic E-state index is 0.0446. The summed E-state index contributed by atoms with van der Waals surface area (Å²) in [6.45, 7) is 0. The number of alkyl halides is 3. The highest BCUT2D eigenvalue weighted by molar-refractivity contribution is 5.92. The van der Waals surface area contributed by atoms with Crippen molar-refractivity contribution in [2.45, 2.75) is 18.4 Å². The Balaban J connectivity index is 2.32. The molecule has 2 heterocycles. The second-order valence-corrected chi connectivity index (χ2v) is 4.15. The maximum Gasteiger partial charge on any atom is 0.416 e. The van der Waals surface area contributed by atoms with Crippen molar-refractivity contribution in [1.82, 2.24) is 10.3 Å². The number of rotatable bonds is 2. The van der Waals surface area contributed by atoms with Crippen LogP contribution in [0.2, 0.25) is 0 Å². The van der Waals surface area contributed by atoms with Gasteiger partial charge in [-0.3, -0.25) is 10.7 Å². The summed E-state index contributed by atoms with van der Waals surface area (Å²) in [6, 6.07) is 0.907. The quantitative estimate of drug-likeness (QED) is 0.739. The van der Waals surface area contributed by atoms with Gasteiger partial charge in [-0.1, -0.05) is 0 Å². The lowest BCUT2D eigenvalue weighted by Gasteiger charge is -2.29. The van der Waals surface area contributed by atoms with E-state index in [0.717, 1.165) is 18.5 Å². The summed E-state index contributed by atoms with van der Waals surface area (Å²) in [7, 11) is 0. The molecule has 5 N–H and O–H groups in total. The van der Waals surface area contributed by atoms with Gasteiger partial charge in [0.1, 0.15) is 5.84 Å². The predicted molar refractivity (Wildman–Crippen MR) is 63.8 cm³/mol. The largest absolute Gasteiger partial charge is 0.416 e. The van der Waals surface area contributed by atoms with Gasteiger partial charge < -0.3 is 11.1 Å². The first-order chi connectivity index (χ1) is 8.80. The van der Waals surface area contributed by atoms with Gasteiger partial charge in [0.05, 0.1) is 5.56 Å². The number of hydrogen-bond donors (Lipinski definition) is 3. The van der Waals surface area contributed by atoms with E-state index in [1.165, 1.54) is 12.3 Å². The molecule has 5 nitrogen and oxygen atoms in total. The Kier molecular flexibility index (Phi) is 3.19. The number of nitrogens with zero attached hydrogens (tertiary/aromatic N) is 2. The Labute approximate surface area is 107 Å². The number of hydrogen-bond acceptors (Lipinski definition) is 5. The van der Waals surface area contributed by atoms with Crippen LogP contribution in [0.5, 0.6) is 0 Å². The van der Waals surface area contributed by atoms with Crippen LogP contribution in [0.15, 0.2) is 35.7 Å². The molecule has 1 aromatic heterocycles. The van der Waals surface area contributed by atoms with Gasteiger partial charge in [0.15, 0.2) is 5.79 Å². The molecule has 0 aliphatic carbocycles. The number of pyridine rings is 1. The Bertz CT molecular complexity index is 537. The van der Waals surface area contributed by atoms with E-state index in [1.54, 1.807) is 0 Å². The zero-order valence-corrected chi connectivity index (χ0v) is 9.78. The second-order valence-electron chi connectivity index (χ2n) is 4.15. The average molecular weight is 271 g/mol. The molecule has 0 radical (unpaired) electrons. The monoisotopic (exact) mass is 271 g/mol. The van der Waals surface area contributed by atoms with E-state index in [4.69, 9.17) is 11.5 Å². The first-order valence-corrected chi connectivity index (χ1v) is 5.39. The lowest BCUT2D eigenvalue weighted by atomic mass is 10.0. The van der Waals surface area contributed by atoms with Crippen LogP contribution < -0.4 is 16.8 Å². The molecular weight excluding hydrogens is 259 g/mol. The molecule has 1 aliphatic rings. The van der Waals surface area contributed by atoms with Crippen molar-refractivity contribution >= 4 is 5.84 Å². The fourth-order valence-corrected chi connectivity index (χ4v) is 1.80. The van der Waals surface area contributed by atoms with Crippen LogP contribution in [-0.4, -0.2) is 16.6 Å². The molecule has 1 aliphatic heterocycles. The third kappa shape index (κ3) is 3.02. The maximum absolute atomic E-state index is 12.8. The molecule has 0 saturated heterocycles. The molecule has 0 amide bonds. The number of aliphatic imine (C=N–C) groups is 1. The highest BCUT2D eigenvalue weighted by atomic mass is 19.4. The van der Waals surface area contributed by atoms with Crippen LogP contribution in [0.25, 0.3) is 0 Å². The first-order valence-electron chi connectivity index (χ1n) is 5.39. The van der Waals surface area contributed by atoms with Gasteiger partial charge in [0.25, 0.3) is 0 Å². The van der Waals surface area contributed by atoms with E-state index < -0.39 is 17.5 Å². The Morgan fingerprint density at radius 3 is 2.74 bits per heavy atom. The maximum atomic E-state index is 12.8. The normalized spacial score (nSPS) is 22.8. The fraction of sp³-hybridized carbons (Fsp3) is 0.273. The molecule has 0 saturated carbocycles. The second kappa shape index (κ2) is 4.54. The number of nitrogens with two attached hydrogens (primary N) is 2. The molecule has 0 spiro atoms. The molecule has 0 bridgehead atoms. The summed E-state index contributed by atoms with van der Waals surface area (Å²) in [5.41, 5.74) is 10.5. The Morgan fingerprint density at radius 1 is 1.37 bits per heavy atom. The van der Waals surface area contributed by atoms with Crippen molar-refractivity contribution in [3.63, 3.8) is 0 Å². The predicted octanol–water partition coefficient (Wildman–Crippen LogP) is 0.730. The molecule has 2 rings (SSSR count). The number of aromatic nitrogens is 1. The molecule has 8 heteroatoms. The van der Waals surface area contributed by atoms with Crippen molar-refractivity contribution in [2.75, 3.05) is 0 Å². The van der Waals surface area contributed by atoms with E-state index in [2.05, 4.69) is 15.3 Å². The van der Waals surface area contributed by atoms with Gasteiger partial charge in [-0.15, -0.1) is 0 Å². The van der Waals surface area contributed by atoms with Crippen molar-refractivity contribution in [2.24, 2.45) is 16.5 Å². The van der Waals surface area contributed by atoms with Crippen molar-refractivity contribution in [3.05, 3.63) is 41.9 Å². The van der Waals surface area contributed by atoms with Crippen LogP contribution in [0.4, 0.5) is 13.2 Å². The molecule has 19 heavy (non-hydrogen) atoms. The SMILES string of the molecule is NC1=NC(N)(Cc2cnccc2C(F)(F)F)NC=C1. The van der Waals surface area contributed by atoms with Crippen molar-refractivity contribution in [1.29, 1.82) is 0 Å². The summed E-state index contributed by atoms with van der Waals surface area (Å²) in [6.07, 6.45) is 0.491. The minimum atomic E-state index is -4.46. The highest BCUT2D eigenvalue weighted by Gasteiger charge is 2.36. The van der Waals surface area contributed by atoms with Gasteiger partial charge in [-0.2, -0.15) is 13.2 Å². The van der Waals surface area contributed by atoms with Crippen LogP contribution >= 0.6 is 0 Å². The van der Waals surface area contributed by atoms with Gasteiger partial charge in [-0.25, -0.2) is 4.99 Å². The lowest BCUT2D eigenvalue weighted by molar-refractivity contribution is -0.138. The summed E-state index contributed by atoms with van der Waals surface area (Å²) in [5, 5.41) is 2.69. The van der Waals surface area contributed by atoms with Gasteiger partial charge >= 0.3 is 6.18 Å². The summed E-state index contributed by atoms with van der Waals surface area (Å²) in [4.78, 5) is 7.61. The summed E-state index contributed by atoms with van der Waals surface area (Å²) < 4.78 is 38.5. The first kappa shape index (κ1) is 13.3. The topological polar surface area (TPSA) is 89.3 Å². The van der Waals surface area contributed by atoms with E-state index >= 15 is 0 Å². The minimum Gasteiger partial charge on any atom is -0.384 e. The van der Waals surface area contributed by atoms with Crippen LogP contribution in [-0.2, 0) is 12.6 Å². The zero-order chi connectivity index (χ0) is 14.1. The average Bonchev–Trinajstić information content (AvgIpc) is 2.27. The molecule has 0 aromatic carbocycles. The summed E-state index contributed by atoms with van der Waals surface area (Å²) in [5.74, 6) is -1.25. The van der Waals surface area contributed by atoms with Gasteiger partial charge in [0.2, 0.25) is 0 Å². The standard InChI is InChI=1S/C11H12F3N5/c12-11(13,14)8-1-3-17-6-7(8)5-10(16)18-4-2-9(15)19-10/h1-4,6,18H,5,16H2,(H2,15,19). The Morgan fingerprint density at radius 2 is 2.11 bits per heavy atom. The smallest absolute Gasteiger partial charge is 0.384 e.